The molecular weight excluding hydrogens is 226 g/mol. The van der Waals surface area contributed by atoms with Crippen LogP contribution in [0.1, 0.15) is 19.2 Å². The molecule has 1 aliphatic rings. The summed E-state index contributed by atoms with van der Waals surface area (Å²) in [6.45, 7) is 11.5. The molecular formula is C13H25N5. The van der Waals surface area contributed by atoms with Crippen LogP contribution < -0.4 is 5.32 Å². The maximum Gasteiger partial charge on any atom is 0.120 e. The van der Waals surface area contributed by atoms with E-state index in [2.05, 4.69) is 32.0 Å². The van der Waals surface area contributed by atoms with Gasteiger partial charge in [-0.3, -0.25) is 0 Å². The van der Waals surface area contributed by atoms with Crippen molar-refractivity contribution in [3.63, 3.8) is 0 Å². The van der Waals surface area contributed by atoms with Gasteiger partial charge in [0.25, 0.3) is 0 Å². The number of aromatic nitrogens is 2. The molecule has 2 heterocycles. The summed E-state index contributed by atoms with van der Waals surface area (Å²) in [5.41, 5.74) is 0. The summed E-state index contributed by atoms with van der Waals surface area (Å²) < 4.78 is 0. The third-order valence-electron chi connectivity index (χ3n) is 3.59. The number of likely N-dealkylation sites (N-methyl/N-ethyl adjacent to an activating group) is 1. The lowest BCUT2D eigenvalue weighted by Gasteiger charge is -2.33. The van der Waals surface area contributed by atoms with E-state index >= 15 is 0 Å². The van der Waals surface area contributed by atoms with Gasteiger partial charge in [-0.05, 0) is 26.1 Å². The molecule has 2 rings (SSSR count). The van der Waals surface area contributed by atoms with E-state index in [9.17, 15) is 0 Å². The zero-order valence-corrected chi connectivity index (χ0v) is 11.4. The van der Waals surface area contributed by atoms with Crippen molar-refractivity contribution < 1.29 is 0 Å². The van der Waals surface area contributed by atoms with Crippen LogP contribution in [-0.4, -0.2) is 65.6 Å². The monoisotopic (exact) mass is 251 g/mol. The molecule has 18 heavy (non-hydrogen) atoms. The fourth-order valence-corrected chi connectivity index (χ4v) is 2.36. The summed E-state index contributed by atoms with van der Waals surface area (Å²) in [5, 5.41) is 3.42. The van der Waals surface area contributed by atoms with E-state index in [0.29, 0.717) is 0 Å². The zero-order valence-electron chi connectivity index (χ0n) is 11.4. The third-order valence-corrected chi connectivity index (χ3v) is 3.59. The molecule has 102 valence electrons. The van der Waals surface area contributed by atoms with Crippen LogP contribution >= 0.6 is 0 Å². The average Bonchev–Trinajstić information content (AvgIpc) is 2.92. The maximum atomic E-state index is 4.19. The molecule has 1 fully saturated rings. The molecule has 1 aliphatic heterocycles. The van der Waals surface area contributed by atoms with Gasteiger partial charge < -0.3 is 20.1 Å². The number of aromatic amines is 1. The Morgan fingerprint density at radius 3 is 2.72 bits per heavy atom. The fraction of sp³-hybridized carbons (Fsp3) is 0.769. The molecule has 0 saturated carbocycles. The largest absolute Gasteiger partial charge is 0.348 e. The van der Waals surface area contributed by atoms with Gasteiger partial charge in [-0.2, -0.15) is 0 Å². The first kappa shape index (κ1) is 13.5. The van der Waals surface area contributed by atoms with Crippen molar-refractivity contribution in [3.05, 3.63) is 18.2 Å². The highest BCUT2D eigenvalue weighted by Gasteiger charge is 2.14. The Bertz CT molecular complexity index is 303. The van der Waals surface area contributed by atoms with Gasteiger partial charge in [0.15, 0.2) is 0 Å². The van der Waals surface area contributed by atoms with Crippen molar-refractivity contribution in [1.29, 1.82) is 0 Å². The van der Waals surface area contributed by atoms with Crippen LogP contribution in [0.2, 0.25) is 0 Å². The Kier molecular flexibility index (Phi) is 5.64. The summed E-state index contributed by atoms with van der Waals surface area (Å²) in [6.07, 6.45) is 4.88. The number of rotatable bonds is 7. The van der Waals surface area contributed by atoms with Crippen molar-refractivity contribution in [2.45, 2.75) is 19.9 Å². The maximum absolute atomic E-state index is 4.19. The van der Waals surface area contributed by atoms with E-state index in [4.69, 9.17) is 0 Å². The molecule has 0 aliphatic carbocycles. The molecule has 1 saturated heterocycles. The molecule has 0 bridgehead atoms. The van der Waals surface area contributed by atoms with E-state index in [1.165, 1.54) is 45.7 Å². The van der Waals surface area contributed by atoms with E-state index in [0.717, 1.165) is 18.9 Å². The smallest absolute Gasteiger partial charge is 0.120 e. The second-order valence-electron chi connectivity index (χ2n) is 4.84. The van der Waals surface area contributed by atoms with Crippen LogP contribution in [0.5, 0.6) is 0 Å². The summed E-state index contributed by atoms with van der Waals surface area (Å²) in [5.74, 6) is 1.02. The van der Waals surface area contributed by atoms with Gasteiger partial charge >= 0.3 is 0 Å². The van der Waals surface area contributed by atoms with E-state index < -0.39 is 0 Å². The molecule has 0 atom stereocenters. The SMILES string of the molecule is CCN1CCN(CCCNCc2ncc[nH]2)CC1. The Balaban J connectivity index is 1.48. The van der Waals surface area contributed by atoms with Crippen molar-refractivity contribution in [2.24, 2.45) is 0 Å². The highest BCUT2D eigenvalue weighted by atomic mass is 15.3. The Morgan fingerprint density at radius 2 is 2.06 bits per heavy atom. The molecule has 1 aromatic rings. The van der Waals surface area contributed by atoms with Crippen molar-refractivity contribution >= 4 is 0 Å². The third kappa shape index (κ3) is 4.40. The van der Waals surface area contributed by atoms with Crippen molar-refractivity contribution in [3.8, 4) is 0 Å². The van der Waals surface area contributed by atoms with Crippen LogP contribution in [-0.2, 0) is 6.54 Å². The van der Waals surface area contributed by atoms with Gasteiger partial charge in [0.05, 0.1) is 6.54 Å². The number of H-pyrrole nitrogens is 1. The van der Waals surface area contributed by atoms with Crippen LogP contribution in [0.15, 0.2) is 12.4 Å². The molecule has 2 N–H and O–H groups in total. The van der Waals surface area contributed by atoms with Crippen molar-refractivity contribution in [2.75, 3.05) is 45.8 Å². The van der Waals surface area contributed by atoms with Crippen LogP contribution in [0.3, 0.4) is 0 Å². The highest BCUT2D eigenvalue weighted by molar-refractivity contribution is 4.85. The molecule has 0 amide bonds. The number of piperazine rings is 1. The molecule has 5 nitrogen and oxygen atoms in total. The molecule has 0 spiro atoms. The first-order valence-electron chi connectivity index (χ1n) is 7.02. The minimum absolute atomic E-state index is 0.844. The Hall–Kier alpha value is -0.910. The van der Waals surface area contributed by atoms with Gasteiger partial charge in [-0.25, -0.2) is 4.98 Å². The minimum atomic E-state index is 0.844. The first-order valence-corrected chi connectivity index (χ1v) is 7.02. The van der Waals surface area contributed by atoms with Gasteiger partial charge in [0, 0.05) is 38.6 Å². The van der Waals surface area contributed by atoms with Gasteiger partial charge in [-0.1, -0.05) is 6.92 Å². The summed E-state index contributed by atoms with van der Waals surface area (Å²) in [4.78, 5) is 12.4. The standard InChI is InChI=1S/C13H25N5/c1-2-17-8-10-18(11-9-17)7-3-4-14-12-13-15-5-6-16-13/h5-6,14H,2-4,7-12H2,1H3,(H,15,16). The number of nitrogens with zero attached hydrogens (tertiary/aromatic N) is 3. The zero-order chi connectivity index (χ0) is 12.6. The van der Waals surface area contributed by atoms with E-state index in [1.807, 2.05) is 6.20 Å². The Morgan fingerprint density at radius 1 is 1.28 bits per heavy atom. The molecule has 0 unspecified atom stereocenters. The minimum Gasteiger partial charge on any atom is -0.348 e. The predicted octanol–water partition coefficient (Wildman–Crippen LogP) is 0.527. The number of nitrogens with one attached hydrogen (secondary N) is 2. The lowest BCUT2D eigenvalue weighted by molar-refractivity contribution is 0.136. The molecule has 0 radical (unpaired) electrons. The molecule has 0 aromatic carbocycles. The fourth-order valence-electron chi connectivity index (χ4n) is 2.36. The lowest BCUT2D eigenvalue weighted by Crippen LogP contribution is -2.46. The first-order chi connectivity index (χ1) is 8.88. The number of hydrogen-bond acceptors (Lipinski definition) is 4. The number of imidazole rings is 1. The van der Waals surface area contributed by atoms with Crippen LogP contribution in [0.25, 0.3) is 0 Å². The van der Waals surface area contributed by atoms with Crippen molar-refractivity contribution in [1.82, 2.24) is 25.1 Å². The summed E-state index contributed by atoms with van der Waals surface area (Å²) >= 11 is 0. The van der Waals surface area contributed by atoms with Gasteiger partial charge in [0.2, 0.25) is 0 Å². The van der Waals surface area contributed by atoms with Gasteiger partial charge in [0.1, 0.15) is 5.82 Å². The highest BCUT2D eigenvalue weighted by Crippen LogP contribution is 2.01. The second-order valence-corrected chi connectivity index (χ2v) is 4.84. The number of hydrogen-bond donors (Lipinski definition) is 2. The molecule has 5 heteroatoms. The normalized spacial score (nSPS) is 18.3. The Labute approximate surface area is 110 Å². The second kappa shape index (κ2) is 7.51. The van der Waals surface area contributed by atoms with Gasteiger partial charge in [-0.15, -0.1) is 0 Å². The quantitative estimate of drug-likeness (QED) is 0.694. The average molecular weight is 251 g/mol. The summed E-state index contributed by atoms with van der Waals surface area (Å²) in [7, 11) is 0. The van der Waals surface area contributed by atoms with Crippen LogP contribution in [0.4, 0.5) is 0 Å². The van der Waals surface area contributed by atoms with E-state index in [1.54, 1.807) is 6.20 Å². The predicted molar refractivity (Wildman–Crippen MR) is 73.5 cm³/mol. The topological polar surface area (TPSA) is 47.2 Å². The lowest BCUT2D eigenvalue weighted by atomic mass is 10.3. The van der Waals surface area contributed by atoms with E-state index in [-0.39, 0.29) is 0 Å². The van der Waals surface area contributed by atoms with Crippen LogP contribution in [0, 0.1) is 0 Å². The summed E-state index contributed by atoms with van der Waals surface area (Å²) in [6, 6.07) is 0. The molecule has 1 aromatic heterocycles.